The molecule has 0 fully saturated rings. The van der Waals surface area contributed by atoms with Gasteiger partial charge in [-0.05, 0) is 17.0 Å². The summed E-state index contributed by atoms with van der Waals surface area (Å²) in [6.07, 6.45) is 0.376. The van der Waals surface area contributed by atoms with Crippen molar-refractivity contribution in [1.82, 2.24) is 10.2 Å². The second kappa shape index (κ2) is 5.43. The smallest absolute Gasteiger partial charge is 0.247 e. The lowest BCUT2D eigenvalue weighted by molar-refractivity contribution is -0.140. The molecular weight excluding hydrogens is 240 g/mol. The van der Waals surface area contributed by atoms with Crippen molar-refractivity contribution in [3.8, 4) is 0 Å². The largest absolute Gasteiger partial charge is 0.354 e. The summed E-state index contributed by atoms with van der Waals surface area (Å²) in [5, 5.41) is 2.91. The summed E-state index contributed by atoms with van der Waals surface area (Å²) in [5.41, 5.74) is 1.89. The molecule has 0 aliphatic carbocycles. The van der Waals surface area contributed by atoms with Crippen LogP contribution >= 0.6 is 0 Å². The van der Waals surface area contributed by atoms with Crippen molar-refractivity contribution in [2.45, 2.75) is 26.3 Å². The van der Waals surface area contributed by atoms with E-state index in [0.717, 1.165) is 11.1 Å². The van der Waals surface area contributed by atoms with Crippen LogP contribution in [0.25, 0.3) is 0 Å². The Morgan fingerprint density at radius 2 is 2.11 bits per heavy atom. The first-order chi connectivity index (χ1) is 9.00. The maximum absolute atomic E-state index is 12.3. The minimum Gasteiger partial charge on any atom is -0.354 e. The number of likely N-dealkylation sites (N-methyl/N-ethyl adjacent to an activating group) is 1. The maximum Gasteiger partial charge on any atom is 0.247 e. The summed E-state index contributed by atoms with van der Waals surface area (Å²) < 4.78 is 0. The van der Waals surface area contributed by atoms with E-state index in [9.17, 15) is 9.59 Å². The summed E-state index contributed by atoms with van der Waals surface area (Å²) in [5.74, 6) is 0.281. The number of nitrogens with one attached hydrogen (secondary N) is 1. The highest BCUT2D eigenvalue weighted by Gasteiger charge is 2.34. The van der Waals surface area contributed by atoms with Crippen LogP contribution in [-0.4, -0.2) is 30.3 Å². The Kier molecular flexibility index (Phi) is 3.88. The number of carbonyl (C=O) groups is 2. The Balaban J connectivity index is 2.27. The van der Waals surface area contributed by atoms with Crippen LogP contribution in [0.5, 0.6) is 0 Å². The molecular formula is C15H20N2O2. The summed E-state index contributed by atoms with van der Waals surface area (Å²) in [4.78, 5) is 25.8. The van der Waals surface area contributed by atoms with E-state index < -0.39 is 6.04 Å². The van der Waals surface area contributed by atoms with E-state index >= 15 is 0 Å². The number of amides is 2. The first-order valence-corrected chi connectivity index (χ1v) is 6.62. The molecule has 1 aliphatic rings. The van der Waals surface area contributed by atoms with Gasteiger partial charge in [-0.15, -0.1) is 0 Å². The molecule has 102 valence electrons. The third-order valence-corrected chi connectivity index (χ3v) is 3.40. The maximum atomic E-state index is 12.3. The fourth-order valence-corrected chi connectivity index (χ4v) is 2.32. The van der Waals surface area contributed by atoms with Crippen molar-refractivity contribution < 1.29 is 9.59 Å². The highest BCUT2D eigenvalue weighted by atomic mass is 16.2. The number of benzene rings is 1. The van der Waals surface area contributed by atoms with Gasteiger partial charge in [-0.1, -0.05) is 38.1 Å². The van der Waals surface area contributed by atoms with Crippen LogP contribution in [0.1, 0.15) is 31.0 Å². The Labute approximate surface area is 113 Å². The molecule has 1 heterocycles. The van der Waals surface area contributed by atoms with E-state index in [1.807, 2.05) is 38.1 Å². The summed E-state index contributed by atoms with van der Waals surface area (Å²) >= 11 is 0. The van der Waals surface area contributed by atoms with E-state index in [2.05, 4.69) is 5.32 Å². The SMILES string of the molecule is CC(C)CNC(=O)C1c2ccccc2CC(=O)N1C. The molecule has 1 aromatic carbocycles. The van der Waals surface area contributed by atoms with Crippen molar-refractivity contribution in [2.75, 3.05) is 13.6 Å². The third kappa shape index (κ3) is 2.78. The number of carbonyl (C=O) groups excluding carboxylic acids is 2. The third-order valence-electron chi connectivity index (χ3n) is 3.40. The van der Waals surface area contributed by atoms with Crippen LogP contribution in [0, 0.1) is 5.92 Å². The molecule has 0 saturated heterocycles. The predicted octanol–water partition coefficient (Wildman–Crippen LogP) is 1.51. The summed E-state index contributed by atoms with van der Waals surface area (Å²) in [7, 11) is 1.69. The first kappa shape index (κ1) is 13.6. The number of hydrogen-bond acceptors (Lipinski definition) is 2. The Bertz CT molecular complexity index is 497. The average Bonchev–Trinajstić information content (AvgIpc) is 2.37. The van der Waals surface area contributed by atoms with E-state index in [1.54, 1.807) is 7.05 Å². The first-order valence-electron chi connectivity index (χ1n) is 6.62. The lowest BCUT2D eigenvalue weighted by Gasteiger charge is -2.33. The zero-order valence-corrected chi connectivity index (χ0v) is 11.6. The molecule has 4 heteroatoms. The zero-order chi connectivity index (χ0) is 14.0. The van der Waals surface area contributed by atoms with Gasteiger partial charge in [0.2, 0.25) is 11.8 Å². The Morgan fingerprint density at radius 1 is 1.42 bits per heavy atom. The molecule has 1 atom stereocenters. The molecule has 1 N–H and O–H groups in total. The number of nitrogens with zero attached hydrogens (tertiary/aromatic N) is 1. The van der Waals surface area contributed by atoms with Gasteiger partial charge < -0.3 is 10.2 Å². The highest BCUT2D eigenvalue weighted by Crippen LogP contribution is 2.29. The summed E-state index contributed by atoms with van der Waals surface area (Å²) in [6, 6.07) is 7.16. The molecule has 19 heavy (non-hydrogen) atoms. The molecule has 2 rings (SSSR count). The van der Waals surface area contributed by atoms with E-state index in [0.29, 0.717) is 18.9 Å². The highest BCUT2D eigenvalue weighted by molar-refractivity contribution is 5.92. The fraction of sp³-hybridized carbons (Fsp3) is 0.467. The Hall–Kier alpha value is -1.84. The summed E-state index contributed by atoms with van der Waals surface area (Å²) in [6.45, 7) is 4.72. The second-order valence-corrected chi connectivity index (χ2v) is 5.42. The number of rotatable bonds is 3. The molecule has 1 aliphatic heterocycles. The van der Waals surface area contributed by atoms with Crippen LogP contribution in [0.3, 0.4) is 0 Å². The topological polar surface area (TPSA) is 49.4 Å². The molecule has 0 spiro atoms. The van der Waals surface area contributed by atoms with Gasteiger partial charge in [0.15, 0.2) is 0 Å². The molecule has 0 radical (unpaired) electrons. The van der Waals surface area contributed by atoms with Gasteiger partial charge in [-0.2, -0.15) is 0 Å². The minimum absolute atomic E-state index is 0.0107. The van der Waals surface area contributed by atoms with Crippen molar-refractivity contribution in [3.63, 3.8) is 0 Å². The van der Waals surface area contributed by atoms with Crippen LogP contribution < -0.4 is 5.32 Å². The quantitative estimate of drug-likeness (QED) is 0.895. The van der Waals surface area contributed by atoms with Gasteiger partial charge in [-0.25, -0.2) is 0 Å². The fourth-order valence-electron chi connectivity index (χ4n) is 2.32. The normalized spacial score (nSPS) is 18.4. The van der Waals surface area contributed by atoms with Gasteiger partial charge in [0.1, 0.15) is 6.04 Å². The molecule has 4 nitrogen and oxygen atoms in total. The molecule has 1 unspecified atom stereocenters. The van der Waals surface area contributed by atoms with Crippen LogP contribution in [0.2, 0.25) is 0 Å². The molecule has 0 aromatic heterocycles. The van der Waals surface area contributed by atoms with Crippen molar-refractivity contribution in [3.05, 3.63) is 35.4 Å². The van der Waals surface area contributed by atoms with Crippen molar-refractivity contribution >= 4 is 11.8 Å². The van der Waals surface area contributed by atoms with Crippen molar-refractivity contribution in [1.29, 1.82) is 0 Å². The van der Waals surface area contributed by atoms with Gasteiger partial charge in [0.25, 0.3) is 0 Å². The second-order valence-electron chi connectivity index (χ2n) is 5.42. The lowest BCUT2D eigenvalue weighted by atomic mass is 9.92. The predicted molar refractivity (Wildman–Crippen MR) is 73.5 cm³/mol. The monoisotopic (exact) mass is 260 g/mol. The minimum atomic E-state index is -0.504. The van der Waals surface area contributed by atoms with Gasteiger partial charge in [0.05, 0.1) is 6.42 Å². The van der Waals surface area contributed by atoms with E-state index in [1.165, 1.54) is 4.90 Å². The van der Waals surface area contributed by atoms with Gasteiger partial charge in [-0.3, -0.25) is 9.59 Å². The lowest BCUT2D eigenvalue weighted by Crippen LogP contribution is -2.46. The average molecular weight is 260 g/mol. The van der Waals surface area contributed by atoms with Crippen molar-refractivity contribution in [2.24, 2.45) is 5.92 Å². The van der Waals surface area contributed by atoms with Crippen LogP contribution in [0.15, 0.2) is 24.3 Å². The van der Waals surface area contributed by atoms with Crippen LogP contribution in [-0.2, 0) is 16.0 Å². The standard InChI is InChI=1S/C15H20N2O2/c1-10(2)9-16-15(19)14-12-7-5-4-6-11(12)8-13(18)17(14)3/h4-7,10,14H,8-9H2,1-3H3,(H,16,19). The van der Waals surface area contributed by atoms with Gasteiger partial charge in [0, 0.05) is 13.6 Å². The van der Waals surface area contributed by atoms with Crippen LogP contribution in [0.4, 0.5) is 0 Å². The zero-order valence-electron chi connectivity index (χ0n) is 11.6. The molecule has 0 saturated carbocycles. The number of fused-ring (bicyclic) bond motifs is 1. The molecule has 0 bridgehead atoms. The molecule has 2 amide bonds. The van der Waals surface area contributed by atoms with E-state index in [-0.39, 0.29) is 11.8 Å². The van der Waals surface area contributed by atoms with Gasteiger partial charge >= 0.3 is 0 Å². The van der Waals surface area contributed by atoms with E-state index in [4.69, 9.17) is 0 Å². The Morgan fingerprint density at radius 3 is 2.79 bits per heavy atom. The molecule has 1 aromatic rings. The number of hydrogen-bond donors (Lipinski definition) is 1.